The van der Waals surface area contributed by atoms with Crippen LogP contribution in [0.25, 0.3) is 33.3 Å². The highest BCUT2D eigenvalue weighted by molar-refractivity contribution is 5.95. The Balaban J connectivity index is 1.21. The number of hydrogen-bond donors (Lipinski definition) is 2. The molecule has 0 aliphatic carbocycles. The number of anilines is 2. The highest BCUT2D eigenvalue weighted by Crippen LogP contribution is 2.28. The molecule has 1 saturated heterocycles. The average molecular weight is 573 g/mol. The topological polar surface area (TPSA) is 92.2 Å². The predicted octanol–water partition coefficient (Wildman–Crippen LogP) is 6.10. The molecule has 5 aromatic rings. The molecular weight excluding hydrogens is 536 g/mol. The number of pyridine rings is 1. The minimum Gasteiger partial charge on any atom is -0.351 e. The number of rotatable bonds is 9. The number of benzene rings is 3. The molecule has 43 heavy (non-hydrogen) atoms. The van der Waals surface area contributed by atoms with Crippen LogP contribution in [0.5, 0.6) is 0 Å². The molecule has 2 aromatic heterocycles. The number of aromatic nitrogens is 3. The first-order valence-corrected chi connectivity index (χ1v) is 15.0. The van der Waals surface area contributed by atoms with E-state index in [2.05, 4.69) is 31.7 Å². The summed E-state index contributed by atoms with van der Waals surface area (Å²) in [5.74, 6) is -0.0506. The van der Waals surface area contributed by atoms with Crippen LogP contribution in [0.1, 0.15) is 36.5 Å². The molecule has 0 bridgehead atoms. The van der Waals surface area contributed by atoms with Crippen molar-refractivity contribution in [1.82, 2.24) is 25.0 Å². The summed E-state index contributed by atoms with van der Waals surface area (Å²) in [4.78, 5) is 32.8. The van der Waals surface area contributed by atoms with E-state index in [-0.39, 0.29) is 11.5 Å². The molecule has 3 aromatic carbocycles. The number of nitrogens with one attached hydrogen (secondary N) is 2. The maximum absolute atomic E-state index is 13.2. The Morgan fingerprint density at radius 2 is 1.63 bits per heavy atom. The molecule has 0 saturated carbocycles. The van der Waals surface area contributed by atoms with E-state index in [1.165, 1.54) is 23.9 Å². The standard InChI is InChI=1S/C35H36N6O2/c1-2-41-35(43)33(38-31-13-7-12-30-29(31)11-8-18-36-30)24-32(39-41)28-10-6-9-27(23-28)25-14-16-26(17-15-25)34(42)37-19-22-40-20-4-3-5-21-40/h6-18,23-24,38H,2-5,19-22H2,1H3,(H,37,42). The van der Waals surface area contributed by atoms with Crippen molar-refractivity contribution in [3.8, 4) is 22.4 Å². The zero-order valence-electron chi connectivity index (χ0n) is 24.4. The van der Waals surface area contributed by atoms with Gasteiger partial charge < -0.3 is 15.5 Å². The summed E-state index contributed by atoms with van der Waals surface area (Å²) in [6.07, 6.45) is 5.56. The summed E-state index contributed by atoms with van der Waals surface area (Å²) in [7, 11) is 0. The Labute approximate surface area is 251 Å². The third kappa shape index (κ3) is 6.49. The molecule has 1 fully saturated rings. The van der Waals surface area contributed by atoms with Gasteiger partial charge >= 0.3 is 0 Å². The van der Waals surface area contributed by atoms with Gasteiger partial charge in [0.15, 0.2) is 0 Å². The van der Waals surface area contributed by atoms with Gasteiger partial charge in [-0.1, -0.05) is 42.8 Å². The SMILES string of the molecule is CCn1nc(-c2cccc(-c3ccc(C(=O)NCCN4CCCCC4)cc3)c2)cc(Nc2cccc3ncccc23)c1=O. The lowest BCUT2D eigenvalue weighted by Gasteiger charge is -2.26. The first-order valence-electron chi connectivity index (χ1n) is 15.0. The van der Waals surface area contributed by atoms with E-state index in [9.17, 15) is 9.59 Å². The average Bonchev–Trinajstić information content (AvgIpc) is 3.06. The molecule has 3 heterocycles. The maximum atomic E-state index is 13.2. The lowest BCUT2D eigenvalue weighted by molar-refractivity contribution is 0.0946. The molecule has 0 unspecified atom stereocenters. The Morgan fingerprint density at radius 1 is 0.837 bits per heavy atom. The number of likely N-dealkylation sites (tertiary alicyclic amines) is 1. The number of fused-ring (bicyclic) bond motifs is 1. The fourth-order valence-electron chi connectivity index (χ4n) is 5.63. The van der Waals surface area contributed by atoms with E-state index in [1.807, 2.05) is 79.7 Å². The van der Waals surface area contributed by atoms with Crippen LogP contribution in [-0.2, 0) is 6.54 Å². The van der Waals surface area contributed by atoms with E-state index in [0.29, 0.717) is 30.0 Å². The van der Waals surface area contributed by atoms with Gasteiger partial charge in [0.2, 0.25) is 0 Å². The van der Waals surface area contributed by atoms with Crippen LogP contribution >= 0.6 is 0 Å². The van der Waals surface area contributed by atoms with Gasteiger partial charge in [-0.2, -0.15) is 5.10 Å². The van der Waals surface area contributed by atoms with Crippen molar-refractivity contribution >= 4 is 28.2 Å². The van der Waals surface area contributed by atoms with Crippen LogP contribution in [0, 0.1) is 0 Å². The number of hydrogen-bond acceptors (Lipinski definition) is 6. The van der Waals surface area contributed by atoms with Crippen LogP contribution in [-0.4, -0.2) is 51.8 Å². The largest absolute Gasteiger partial charge is 0.351 e. The van der Waals surface area contributed by atoms with Crippen LogP contribution in [0.15, 0.2) is 95.9 Å². The number of carbonyl (C=O) groups is 1. The lowest BCUT2D eigenvalue weighted by Crippen LogP contribution is -2.37. The number of carbonyl (C=O) groups excluding carboxylic acids is 1. The van der Waals surface area contributed by atoms with Gasteiger partial charge in [-0.15, -0.1) is 0 Å². The Kier molecular flexibility index (Phi) is 8.56. The third-order valence-corrected chi connectivity index (χ3v) is 7.99. The molecule has 6 rings (SSSR count). The van der Waals surface area contributed by atoms with Gasteiger partial charge in [-0.05, 0) is 92.5 Å². The zero-order chi connectivity index (χ0) is 29.6. The number of piperidine rings is 1. The third-order valence-electron chi connectivity index (χ3n) is 7.99. The van der Waals surface area contributed by atoms with Crippen LogP contribution in [0.3, 0.4) is 0 Å². The molecule has 2 N–H and O–H groups in total. The first-order chi connectivity index (χ1) is 21.1. The first kappa shape index (κ1) is 28.3. The quantitative estimate of drug-likeness (QED) is 0.222. The molecular formula is C35H36N6O2. The van der Waals surface area contributed by atoms with E-state index in [0.717, 1.165) is 52.9 Å². The highest BCUT2D eigenvalue weighted by Gasteiger charge is 2.14. The van der Waals surface area contributed by atoms with Gasteiger partial charge in [0.25, 0.3) is 11.5 Å². The summed E-state index contributed by atoms with van der Waals surface area (Å²) in [5, 5.41) is 12.0. The van der Waals surface area contributed by atoms with Crippen molar-refractivity contribution < 1.29 is 4.79 Å². The smallest absolute Gasteiger partial charge is 0.290 e. The molecule has 0 atom stereocenters. The Hall–Kier alpha value is -4.82. The lowest BCUT2D eigenvalue weighted by atomic mass is 10.00. The van der Waals surface area contributed by atoms with Crippen molar-refractivity contribution in [1.29, 1.82) is 0 Å². The second kappa shape index (κ2) is 13.0. The monoisotopic (exact) mass is 572 g/mol. The van der Waals surface area contributed by atoms with Gasteiger partial charge in [0.1, 0.15) is 5.69 Å². The van der Waals surface area contributed by atoms with Gasteiger partial charge in [-0.3, -0.25) is 14.6 Å². The fraction of sp³-hybridized carbons (Fsp3) is 0.257. The molecule has 0 spiro atoms. The minimum atomic E-state index is -0.187. The van der Waals surface area contributed by atoms with Gasteiger partial charge in [0.05, 0.1) is 11.2 Å². The fourth-order valence-corrected chi connectivity index (χ4v) is 5.63. The molecule has 8 nitrogen and oxygen atoms in total. The second-order valence-corrected chi connectivity index (χ2v) is 10.9. The minimum absolute atomic E-state index is 0.0506. The molecule has 8 heteroatoms. The van der Waals surface area contributed by atoms with E-state index >= 15 is 0 Å². The summed E-state index contributed by atoms with van der Waals surface area (Å²) in [5.41, 5.74) is 6.15. The van der Waals surface area contributed by atoms with Crippen LogP contribution in [0.4, 0.5) is 11.4 Å². The Bertz CT molecular complexity index is 1790. The molecule has 0 radical (unpaired) electrons. The van der Waals surface area contributed by atoms with Crippen LogP contribution < -0.4 is 16.2 Å². The number of amides is 1. The summed E-state index contributed by atoms with van der Waals surface area (Å²) in [6.45, 7) is 6.15. The molecule has 1 amide bonds. The Morgan fingerprint density at radius 3 is 2.44 bits per heavy atom. The zero-order valence-corrected chi connectivity index (χ0v) is 24.4. The van der Waals surface area contributed by atoms with Gasteiger partial charge in [-0.25, -0.2) is 4.68 Å². The molecule has 1 aliphatic rings. The normalized spacial score (nSPS) is 13.6. The summed E-state index contributed by atoms with van der Waals surface area (Å²) < 4.78 is 1.48. The van der Waals surface area contributed by atoms with E-state index in [4.69, 9.17) is 0 Å². The van der Waals surface area contributed by atoms with Crippen molar-refractivity contribution in [2.24, 2.45) is 0 Å². The maximum Gasteiger partial charge on any atom is 0.290 e. The van der Waals surface area contributed by atoms with Crippen molar-refractivity contribution in [2.75, 3.05) is 31.5 Å². The van der Waals surface area contributed by atoms with Crippen LogP contribution in [0.2, 0.25) is 0 Å². The van der Waals surface area contributed by atoms with Crippen molar-refractivity contribution in [2.45, 2.75) is 32.7 Å². The highest BCUT2D eigenvalue weighted by atomic mass is 16.1. The van der Waals surface area contributed by atoms with Crippen molar-refractivity contribution in [3.05, 3.63) is 107 Å². The molecule has 218 valence electrons. The van der Waals surface area contributed by atoms with Crippen molar-refractivity contribution in [3.63, 3.8) is 0 Å². The summed E-state index contributed by atoms with van der Waals surface area (Å²) in [6, 6.07) is 27.3. The number of aryl methyl sites for hydroxylation is 1. The predicted molar refractivity (Wildman–Crippen MR) is 173 cm³/mol. The summed E-state index contributed by atoms with van der Waals surface area (Å²) >= 11 is 0. The van der Waals surface area contributed by atoms with E-state index < -0.39 is 0 Å². The molecule has 1 aliphatic heterocycles. The van der Waals surface area contributed by atoms with E-state index in [1.54, 1.807) is 12.3 Å². The van der Waals surface area contributed by atoms with Gasteiger partial charge in [0, 0.05) is 48.0 Å². The number of nitrogens with zero attached hydrogens (tertiary/aromatic N) is 4. The second-order valence-electron chi connectivity index (χ2n) is 10.9.